The highest BCUT2D eigenvalue weighted by Gasteiger charge is 2.30. The summed E-state index contributed by atoms with van der Waals surface area (Å²) in [5, 5.41) is 9.86. The van der Waals surface area contributed by atoms with Gasteiger partial charge in [-0.2, -0.15) is 0 Å². The van der Waals surface area contributed by atoms with Crippen molar-refractivity contribution in [2.24, 2.45) is 0 Å². The summed E-state index contributed by atoms with van der Waals surface area (Å²) >= 11 is 1.28. The number of carbonyl (C=O) groups is 1. The Balaban J connectivity index is 1.31. The minimum absolute atomic E-state index is 0.0528. The first-order valence-corrected chi connectivity index (χ1v) is 11.0. The van der Waals surface area contributed by atoms with Gasteiger partial charge in [-0.25, -0.2) is 0 Å². The molecular formula is C23H22N4O2S. The molecule has 0 spiro atoms. The van der Waals surface area contributed by atoms with E-state index in [1.54, 1.807) is 0 Å². The van der Waals surface area contributed by atoms with Crippen LogP contribution in [0.3, 0.4) is 0 Å². The van der Waals surface area contributed by atoms with Crippen molar-refractivity contribution >= 4 is 34.3 Å². The normalized spacial score (nSPS) is 15.7. The number of hydrogen-bond acceptors (Lipinski definition) is 5. The summed E-state index contributed by atoms with van der Waals surface area (Å²) in [6.07, 6.45) is 0.887. The number of para-hydroxylation sites is 1. The first-order valence-electron chi connectivity index (χ1n) is 9.97. The fourth-order valence-electron chi connectivity index (χ4n) is 4.12. The maximum absolute atomic E-state index is 12.9. The lowest BCUT2D eigenvalue weighted by Crippen LogP contribution is -2.36. The monoisotopic (exact) mass is 418 g/mol. The third-order valence-electron chi connectivity index (χ3n) is 5.76. The second-order valence-corrected chi connectivity index (χ2v) is 8.67. The highest BCUT2D eigenvalue weighted by molar-refractivity contribution is 7.99. The van der Waals surface area contributed by atoms with Gasteiger partial charge in [0.25, 0.3) is 5.22 Å². The molecule has 0 saturated heterocycles. The Morgan fingerprint density at radius 3 is 2.93 bits per heavy atom. The summed E-state index contributed by atoms with van der Waals surface area (Å²) in [6, 6.07) is 14.3. The third kappa shape index (κ3) is 3.19. The molecule has 6 nitrogen and oxygen atoms in total. The number of H-pyrrole nitrogens is 1. The third-order valence-corrected chi connectivity index (χ3v) is 6.56. The van der Waals surface area contributed by atoms with Crippen molar-refractivity contribution < 1.29 is 9.21 Å². The highest BCUT2D eigenvalue weighted by atomic mass is 32.2. The lowest BCUT2D eigenvalue weighted by atomic mass is 10.1. The standard InChI is InChI=1S/C23H22N4O2S/c1-13-10-16-6-4-5-7-20(16)27(13)21(28)12-30-23-26-25-22(29-23)17-8-9-19-18(11-17)14(2)15(3)24-19/h4-9,11,13,24H,10,12H2,1-3H3/t13-/m0/s1. The number of hydrogen-bond donors (Lipinski definition) is 1. The van der Waals surface area contributed by atoms with Crippen molar-refractivity contribution in [2.45, 2.75) is 38.5 Å². The van der Waals surface area contributed by atoms with Gasteiger partial charge < -0.3 is 14.3 Å². The number of fused-ring (bicyclic) bond motifs is 2. The molecule has 4 aromatic rings. The second kappa shape index (κ2) is 7.32. The number of thioether (sulfide) groups is 1. The van der Waals surface area contributed by atoms with Crippen LogP contribution in [0, 0.1) is 13.8 Å². The van der Waals surface area contributed by atoms with Crippen LogP contribution in [0.5, 0.6) is 0 Å². The van der Waals surface area contributed by atoms with Gasteiger partial charge in [-0.3, -0.25) is 4.79 Å². The Kier molecular flexibility index (Phi) is 4.62. The lowest BCUT2D eigenvalue weighted by molar-refractivity contribution is -0.116. The summed E-state index contributed by atoms with van der Waals surface area (Å²) in [4.78, 5) is 18.1. The fourth-order valence-corrected chi connectivity index (χ4v) is 4.74. The van der Waals surface area contributed by atoms with E-state index >= 15 is 0 Å². The van der Waals surface area contributed by atoms with Crippen LogP contribution in [-0.4, -0.2) is 32.9 Å². The first kappa shape index (κ1) is 18.9. The number of aromatic nitrogens is 3. The largest absolute Gasteiger partial charge is 0.411 e. The average Bonchev–Trinajstić information content (AvgIpc) is 3.42. The number of anilines is 1. The van der Waals surface area contributed by atoms with Crippen molar-refractivity contribution in [3.63, 3.8) is 0 Å². The minimum Gasteiger partial charge on any atom is -0.411 e. The van der Waals surface area contributed by atoms with Gasteiger partial charge in [0, 0.05) is 33.9 Å². The molecule has 0 fully saturated rings. The molecule has 0 saturated carbocycles. The molecule has 1 aliphatic heterocycles. The molecule has 1 aliphatic rings. The number of rotatable bonds is 4. The van der Waals surface area contributed by atoms with Crippen molar-refractivity contribution in [1.29, 1.82) is 0 Å². The number of carbonyl (C=O) groups excluding carboxylic acids is 1. The molecule has 0 unspecified atom stereocenters. The summed E-state index contributed by atoms with van der Waals surface area (Å²) in [6.45, 7) is 6.23. The molecular weight excluding hydrogens is 396 g/mol. The van der Waals surface area contributed by atoms with E-state index in [1.807, 2.05) is 35.2 Å². The smallest absolute Gasteiger partial charge is 0.277 e. The van der Waals surface area contributed by atoms with E-state index < -0.39 is 0 Å². The van der Waals surface area contributed by atoms with Crippen molar-refractivity contribution in [2.75, 3.05) is 10.7 Å². The molecule has 2 aromatic heterocycles. The van der Waals surface area contributed by atoms with E-state index in [1.165, 1.54) is 22.9 Å². The van der Waals surface area contributed by atoms with Crippen LogP contribution in [0.2, 0.25) is 0 Å². The van der Waals surface area contributed by atoms with E-state index in [0.717, 1.165) is 34.3 Å². The Labute approximate surface area is 178 Å². The van der Waals surface area contributed by atoms with Crippen LogP contribution in [0.4, 0.5) is 5.69 Å². The van der Waals surface area contributed by atoms with Gasteiger partial charge in [0.05, 0.1) is 5.75 Å². The Hall–Kier alpha value is -3.06. The lowest BCUT2D eigenvalue weighted by Gasteiger charge is -2.22. The summed E-state index contributed by atoms with van der Waals surface area (Å²) in [5.74, 6) is 0.775. The zero-order valence-electron chi connectivity index (χ0n) is 17.1. The maximum atomic E-state index is 12.9. The van der Waals surface area contributed by atoms with Crippen LogP contribution in [0.15, 0.2) is 52.1 Å². The molecule has 2 aromatic carbocycles. The molecule has 30 heavy (non-hydrogen) atoms. The minimum atomic E-state index is 0.0528. The molecule has 1 atom stereocenters. The molecule has 5 rings (SSSR count). The van der Waals surface area contributed by atoms with E-state index in [9.17, 15) is 4.79 Å². The number of aryl methyl sites for hydroxylation is 2. The first-order chi connectivity index (χ1) is 14.5. The molecule has 1 N–H and O–H groups in total. The van der Waals surface area contributed by atoms with Gasteiger partial charge in [-0.05, 0) is 62.6 Å². The summed E-state index contributed by atoms with van der Waals surface area (Å²) in [7, 11) is 0. The molecule has 3 heterocycles. The number of amides is 1. The van der Waals surface area contributed by atoms with E-state index in [2.05, 4.69) is 48.1 Å². The fraction of sp³-hybridized carbons (Fsp3) is 0.261. The van der Waals surface area contributed by atoms with E-state index in [-0.39, 0.29) is 17.7 Å². The van der Waals surface area contributed by atoms with Gasteiger partial charge in [-0.15, -0.1) is 10.2 Å². The van der Waals surface area contributed by atoms with Crippen LogP contribution in [0.1, 0.15) is 23.7 Å². The van der Waals surface area contributed by atoms with Gasteiger partial charge in [0.1, 0.15) is 0 Å². The van der Waals surface area contributed by atoms with Crippen LogP contribution in [0.25, 0.3) is 22.4 Å². The molecule has 0 radical (unpaired) electrons. The Morgan fingerprint density at radius 2 is 2.07 bits per heavy atom. The molecule has 152 valence electrons. The van der Waals surface area contributed by atoms with Crippen molar-refractivity contribution in [1.82, 2.24) is 15.2 Å². The zero-order valence-corrected chi connectivity index (χ0v) is 17.9. The average molecular weight is 419 g/mol. The van der Waals surface area contributed by atoms with Crippen molar-refractivity contribution in [3.8, 4) is 11.5 Å². The second-order valence-electron chi connectivity index (χ2n) is 7.74. The quantitative estimate of drug-likeness (QED) is 0.477. The predicted octanol–water partition coefficient (Wildman–Crippen LogP) is 4.90. The number of aromatic amines is 1. The number of benzene rings is 2. The Morgan fingerprint density at radius 1 is 1.23 bits per heavy atom. The van der Waals surface area contributed by atoms with E-state index in [0.29, 0.717) is 11.1 Å². The molecule has 0 bridgehead atoms. The number of nitrogens with zero attached hydrogens (tertiary/aromatic N) is 3. The summed E-state index contributed by atoms with van der Waals surface area (Å²) < 4.78 is 5.83. The van der Waals surface area contributed by atoms with Gasteiger partial charge in [0.15, 0.2) is 0 Å². The van der Waals surface area contributed by atoms with E-state index in [4.69, 9.17) is 4.42 Å². The predicted molar refractivity (Wildman–Crippen MR) is 119 cm³/mol. The molecule has 7 heteroatoms. The van der Waals surface area contributed by atoms with Gasteiger partial charge in [-0.1, -0.05) is 30.0 Å². The van der Waals surface area contributed by atoms with Crippen LogP contribution >= 0.6 is 11.8 Å². The highest BCUT2D eigenvalue weighted by Crippen LogP contribution is 2.33. The Bertz CT molecular complexity index is 1260. The molecule has 0 aliphatic carbocycles. The topological polar surface area (TPSA) is 75.0 Å². The van der Waals surface area contributed by atoms with Gasteiger partial charge in [0.2, 0.25) is 11.8 Å². The SMILES string of the molecule is Cc1[nH]c2ccc(-c3nnc(SCC(=O)N4c5ccccc5C[C@@H]4C)o3)cc2c1C. The van der Waals surface area contributed by atoms with Crippen LogP contribution in [-0.2, 0) is 11.2 Å². The number of nitrogens with one attached hydrogen (secondary N) is 1. The van der Waals surface area contributed by atoms with Crippen LogP contribution < -0.4 is 4.90 Å². The van der Waals surface area contributed by atoms with Crippen molar-refractivity contribution in [3.05, 3.63) is 59.3 Å². The zero-order chi connectivity index (χ0) is 20.8. The maximum Gasteiger partial charge on any atom is 0.277 e. The summed E-state index contributed by atoms with van der Waals surface area (Å²) in [5.41, 5.74) is 6.55. The molecule has 1 amide bonds. The van der Waals surface area contributed by atoms with Gasteiger partial charge >= 0.3 is 0 Å².